The molecule has 0 aliphatic rings. The number of aliphatic hydroxyl groups excluding tert-OH is 2. The standard InChI is InChI=1S/C19H22O6/c1-13(2)19(22)25-14(11-21)12-24-18-8-7-17(23-10-9-20)15-5-3-4-6-16(15)18/h3-8,14,20-21H,1,9-12H2,2H3. The molecule has 2 aromatic rings. The Morgan fingerprint density at radius 3 is 2.20 bits per heavy atom. The summed E-state index contributed by atoms with van der Waals surface area (Å²) in [6, 6.07) is 11.0. The minimum Gasteiger partial charge on any atom is -0.491 e. The number of esters is 1. The van der Waals surface area contributed by atoms with E-state index >= 15 is 0 Å². The fourth-order valence-electron chi connectivity index (χ4n) is 2.21. The van der Waals surface area contributed by atoms with Crippen LogP contribution in [0.1, 0.15) is 6.92 Å². The maximum atomic E-state index is 11.6. The van der Waals surface area contributed by atoms with Crippen LogP contribution in [0.2, 0.25) is 0 Å². The van der Waals surface area contributed by atoms with E-state index in [4.69, 9.17) is 19.3 Å². The molecule has 2 rings (SSSR count). The Kier molecular flexibility index (Phi) is 6.80. The van der Waals surface area contributed by atoms with E-state index in [1.807, 2.05) is 24.3 Å². The SMILES string of the molecule is C=C(C)C(=O)OC(CO)COc1ccc(OCCO)c2ccccc12. The van der Waals surface area contributed by atoms with Crippen LogP contribution in [0, 0.1) is 0 Å². The highest BCUT2D eigenvalue weighted by Crippen LogP contribution is 2.33. The number of aliphatic hydroxyl groups is 2. The van der Waals surface area contributed by atoms with Gasteiger partial charge in [0, 0.05) is 16.3 Å². The molecule has 1 unspecified atom stereocenters. The zero-order valence-electron chi connectivity index (χ0n) is 14.1. The molecule has 6 heteroatoms. The van der Waals surface area contributed by atoms with Crippen molar-refractivity contribution in [3.63, 3.8) is 0 Å². The Balaban J connectivity index is 2.15. The summed E-state index contributed by atoms with van der Waals surface area (Å²) in [4.78, 5) is 11.6. The maximum absolute atomic E-state index is 11.6. The van der Waals surface area contributed by atoms with Crippen molar-refractivity contribution in [3.05, 3.63) is 48.6 Å². The lowest BCUT2D eigenvalue weighted by atomic mass is 10.1. The summed E-state index contributed by atoms with van der Waals surface area (Å²) in [5, 5.41) is 19.9. The molecule has 2 aromatic carbocycles. The summed E-state index contributed by atoms with van der Waals surface area (Å²) in [7, 11) is 0. The number of hydrogen-bond donors (Lipinski definition) is 2. The van der Waals surface area contributed by atoms with Gasteiger partial charge in [0.2, 0.25) is 0 Å². The van der Waals surface area contributed by atoms with Crippen molar-refractivity contribution >= 4 is 16.7 Å². The molecule has 0 radical (unpaired) electrons. The lowest BCUT2D eigenvalue weighted by Crippen LogP contribution is -2.28. The third-order valence-electron chi connectivity index (χ3n) is 3.44. The van der Waals surface area contributed by atoms with E-state index in [-0.39, 0.29) is 32.0 Å². The smallest absolute Gasteiger partial charge is 0.333 e. The topological polar surface area (TPSA) is 85.2 Å². The van der Waals surface area contributed by atoms with Crippen LogP contribution in [-0.4, -0.2) is 48.7 Å². The quantitative estimate of drug-likeness (QED) is 0.534. The molecule has 0 saturated carbocycles. The number of rotatable bonds is 9. The van der Waals surface area contributed by atoms with Crippen molar-refractivity contribution in [2.75, 3.05) is 26.4 Å². The number of carbonyl (C=O) groups is 1. The number of benzene rings is 2. The predicted octanol–water partition coefficient (Wildman–Crippen LogP) is 2.07. The molecule has 25 heavy (non-hydrogen) atoms. The second kappa shape index (κ2) is 9.05. The Hall–Kier alpha value is -2.57. The van der Waals surface area contributed by atoms with Crippen molar-refractivity contribution in [3.8, 4) is 11.5 Å². The fraction of sp³-hybridized carbons (Fsp3) is 0.316. The summed E-state index contributed by atoms with van der Waals surface area (Å²) < 4.78 is 16.4. The third kappa shape index (κ3) is 4.95. The van der Waals surface area contributed by atoms with Gasteiger partial charge in [-0.15, -0.1) is 0 Å². The van der Waals surface area contributed by atoms with Crippen molar-refractivity contribution in [1.29, 1.82) is 0 Å². The van der Waals surface area contributed by atoms with Gasteiger partial charge in [-0.2, -0.15) is 0 Å². The van der Waals surface area contributed by atoms with Crippen LogP contribution in [0.5, 0.6) is 11.5 Å². The van der Waals surface area contributed by atoms with Crippen LogP contribution in [-0.2, 0) is 9.53 Å². The Labute approximate surface area is 146 Å². The molecule has 0 spiro atoms. The summed E-state index contributed by atoms with van der Waals surface area (Å²) >= 11 is 0. The predicted molar refractivity (Wildman–Crippen MR) is 93.8 cm³/mol. The number of fused-ring (bicyclic) bond motifs is 1. The largest absolute Gasteiger partial charge is 0.491 e. The molecular formula is C19H22O6. The van der Waals surface area contributed by atoms with E-state index in [9.17, 15) is 9.90 Å². The first kappa shape index (κ1) is 18.8. The first-order valence-electron chi connectivity index (χ1n) is 7.92. The highest BCUT2D eigenvalue weighted by atomic mass is 16.6. The molecule has 0 aliphatic heterocycles. The molecule has 0 aromatic heterocycles. The lowest BCUT2D eigenvalue weighted by molar-refractivity contribution is -0.147. The van der Waals surface area contributed by atoms with Gasteiger partial charge >= 0.3 is 5.97 Å². The van der Waals surface area contributed by atoms with Gasteiger partial charge in [-0.05, 0) is 19.1 Å². The van der Waals surface area contributed by atoms with Gasteiger partial charge < -0.3 is 24.4 Å². The van der Waals surface area contributed by atoms with Gasteiger partial charge in [0.05, 0.1) is 13.2 Å². The van der Waals surface area contributed by atoms with E-state index in [1.54, 1.807) is 12.1 Å². The first-order valence-corrected chi connectivity index (χ1v) is 7.92. The number of ether oxygens (including phenoxy) is 3. The van der Waals surface area contributed by atoms with Crippen LogP contribution < -0.4 is 9.47 Å². The average Bonchev–Trinajstić information content (AvgIpc) is 2.63. The fourth-order valence-corrected chi connectivity index (χ4v) is 2.21. The minimum atomic E-state index is -0.784. The van der Waals surface area contributed by atoms with Crippen LogP contribution in [0.25, 0.3) is 10.8 Å². The minimum absolute atomic E-state index is 0.0103. The Morgan fingerprint density at radius 1 is 1.08 bits per heavy atom. The van der Waals surface area contributed by atoms with Gasteiger partial charge in [0.1, 0.15) is 24.7 Å². The van der Waals surface area contributed by atoms with E-state index in [1.165, 1.54) is 6.92 Å². The molecule has 0 aliphatic carbocycles. The molecule has 0 saturated heterocycles. The molecule has 1 atom stereocenters. The zero-order valence-corrected chi connectivity index (χ0v) is 14.1. The lowest BCUT2D eigenvalue weighted by Gasteiger charge is -2.18. The van der Waals surface area contributed by atoms with Crippen LogP contribution in [0.3, 0.4) is 0 Å². The Bertz CT molecular complexity index is 740. The summed E-state index contributed by atoms with van der Waals surface area (Å²) in [5.74, 6) is 0.654. The molecule has 0 bridgehead atoms. The van der Waals surface area contributed by atoms with Gasteiger partial charge in [0.15, 0.2) is 6.10 Å². The normalized spacial score (nSPS) is 11.8. The second-order valence-electron chi connectivity index (χ2n) is 5.48. The highest BCUT2D eigenvalue weighted by Gasteiger charge is 2.16. The summed E-state index contributed by atoms with van der Waals surface area (Å²) in [6.45, 7) is 4.83. The van der Waals surface area contributed by atoms with Gasteiger partial charge in [-0.1, -0.05) is 30.8 Å². The van der Waals surface area contributed by atoms with Gasteiger partial charge in [0.25, 0.3) is 0 Å². The maximum Gasteiger partial charge on any atom is 0.333 e. The molecule has 2 N–H and O–H groups in total. The van der Waals surface area contributed by atoms with Crippen LogP contribution >= 0.6 is 0 Å². The summed E-state index contributed by atoms with van der Waals surface area (Å²) in [6.07, 6.45) is -0.784. The number of hydrogen-bond acceptors (Lipinski definition) is 6. The van der Waals surface area contributed by atoms with Crippen LogP contribution in [0.15, 0.2) is 48.6 Å². The van der Waals surface area contributed by atoms with E-state index in [0.29, 0.717) is 11.5 Å². The summed E-state index contributed by atoms with van der Waals surface area (Å²) in [5.41, 5.74) is 0.259. The molecule has 6 nitrogen and oxygen atoms in total. The van der Waals surface area contributed by atoms with Crippen LogP contribution in [0.4, 0.5) is 0 Å². The van der Waals surface area contributed by atoms with Crippen molar-refractivity contribution in [1.82, 2.24) is 0 Å². The van der Waals surface area contributed by atoms with E-state index in [0.717, 1.165) is 10.8 Å². The molecule has 0 fully saturated rings. The van der Waals surface area contributed by atoms with Crippen molar-refractivity contribution in [2.24, 2.45) is 0 Å². The van der Waals surface area contributed by atoms with Crippen molar-refractivity contribution in [2.45, 2.75) is 13.0 Å². The van der Waals surface area contributed by atoms with Gasteiger partial charge in [-0.25, -0.2) is 4.79 Å². The van der Waals surface area contributed by atoms with Gasteiger partial charge in [-0.3, -0.25) is 0 Å². The average molecular weight is 346 g/mol. The van der Waals surface area contributed by atoms with Crippen molar-refractivity contribution < 1.29 is 29.2 Å². The second-order valence-corrected chi connectivity index (χ2v) is 5.48. The zero-order chi connectivity index (χ0) is 18.2. The monoisotopic (exact) mass is 346 g/mol. The first-order chi connectivity index (χ1) is 12.1. The van der Waals surface area contributed by atoms with E-state index in [2.05, 4.69) is 6.58 Å². The molecule has 134 valence electrons. The highest BCUT2D eigenvalue weighted by molar-refractivity contribution is 5.93. The number of carbonyl (C=O) groups excluding carboxylic acids is 1. The molecule has 0 amide bonds. The third-order valence-corrected chi connectivity index (χ3v) is 3.44. The van der Waals surface area contributed by atoms with E-state index < -0.39 is 12.1 Å². The Morgan fingerprint density at radius 2 is 1.68 bits per heavy atom. The molecular weight excluding hydrogens is 324 g/mol. The molecule has 0 heterocycles.